The highest BCUT2D eigenvalue weighted by Gasteiger charge is 2.34. The van der Waals surface area contributed by atoms with Gasteiger partial charge in [-0.1, -0.05) is 23.2 Å². The summed E-state index contributed by atoms with van der Waals surface area (Å²) in [5.74, 6) is 0.127. The Balaban J connectivity index is 1.80. The molecule has 102 valence electrons. The zero-order valence-electron chi connectivity index (χ0n) is 10.5. The van der Waals surface area contributed by atoms with Gasteiger partial charge in [0.1, 0.15) is 0 Å². The van der Waals surface area contributed by atoms with Gasteiger partial charge >= 0.3 is 0 Å². The topological polar surface area (TPSA) is 32.3 Å². The smallest absolute Gasteiger partial charge is 0.244 e. The molecular weight excluding hydrogens is 283 g/mol. The van der Waals surface area contributed by atoms with Crippen LogP contribution in [0, 0.1) is 0 Å². The Morgan fingerprint density at radius 3 is 2.68 bits per heavy atom. The van der Waals surface area contributed by atoms with Crippen molar-refractivity contribution in [3.63, 3.8) is 0 Å². The van der Waals surface area contributed by atoms with Gasteiger partial charge in [0.2, 0.25) is 5.91 Å². The summed E-state index contributed by atoms with van der Waals surface area (Å²) in [7, 11) is 0. The number of carbonyl (C=O) groups excluding carboxylic acids is 1. The van der Waals surface area contributed by atoms with Crippen LogP contribution in [0.1, 0.15) is 25.7 Å². The molecule has 1 aliphatic carbocycles. The molecular formula is C14H16Cl2N2O. The van der Waals surface area contributed by atoms with Crippen molar-refractivity contribution in [2.45, 2.75) is 37.8 Å². The number of amides is 1. The number of rotatable bonds is 3. The maximum absolute atomic E-state index is 12.5. The standard InChI is InChI=1S/C14H16Cl2N2O/c15-9-3-6-13(11(16)8-9)18-7-1-2-12(14(18)19)17-10-4-5-10/h3,6,8,10,12,17H,1-2,4-5,7H2. The quantitative estimate of drug-likeness (QED) is 0.929. The second kappa shape index (κ2) is 5.31. The third kappa shape index (κ3) is 2.88. The van der Waals surface area contributed by atoms with Crippen LogP contribution in [-0.4, -0.2) is 24.5 Å². The molecule has 1 heterocycles. The number of halogens is 2. The molecule has 1 saturated carbocycles. The van der Waals surface area contributed by atoms with Gasteiger partial charge in [-0.25, -0.2) is 0 Å². The van der Waals surface area contributed by atoms with Gasteiger partial charge in [0.25, 0.3) is 0 Å². The van der Waals surface area contributed by atoms with Crippen LogP contribution in [0.25, 0.3) is 0 Å². The van der Waals surface area contributed by atoms with Gasteiger partial charge in [-0.05, 0) is 43.9 Å². The molecule has 2 fully saturated rings. The minimum atomic E-state index is -0.0620. The Morgan fingerprint density at radius 1 is 1.21 bits per heavy atom. The molecule has 0 bridgehead atoms. The molecule has 1 aromatic carbocycles. The summed E-state index contributed by atoms with van der Waals surface area (Å²) in [6.45, 7) is 0.725. The Kier molecular flexibility index (Phi) is 3.70. The molecule has 1 atom stereocenters. The van der Waals surface area contributed by atoms with E-state index in [1.165, 1.54) is 12.8 Å². The Labute approximate surface area is 122 Å². The van der Waals surface area contributed by atoms with Crippen molar-refractivity contribution in [3.05, 3.63) is 28.2 Å². The van der Waals surface area contributed by atoms with Gasteiger partial charge in [0, 0.05) is 17.6 Å². The molecule has 19 heavy (non-hydrogen) atoms. The molecule has 3 nitrogen and oxygen atoms in total. The average Bonchev–Trinajstić information content (AvgIpc) is 3.17. The van der Waals surface area contributed by atoms with E-state index in [0.717, 1.165) is 25.1 Å². The number of carbonyl (C=O) groups is 1. The van der Waals surface area contributed by atoms with Gasteiger partial charge in [-0.15, -0.1) is 0 Å². The van der Waals surface area contributed by atoms with Gasteiger partial charge in [0.05, 0.1) is 16.8 Å². The molecule has 1 amide bonds. The molecule has 1 N–H and O–H groups in total. The zero-order valence-corrected chi connectivity index (χ0v) is 12.0. The van der Waals surface area contributed by atoms with Crippen LogP contribution < -0.4 is 10.2 Å². The lowest BCUT2D eigenvalue weighted by atomic mass is 10.0. The molecule has 0 spiro atoms. The van der Waals surface area contributed by atoms with Crippen molar-refractivity contribution in [2.24, 2.45) is 0 Å². The molecule has 1 aromatic rings. The highest BCUT2D eigenvalue weighted by Crippen LogP contribution is 2.32. The highest BCUT2D eigenvalue weighted by atomic mass is 35.5. The van der Waals surface area contributed by atoms with Gasteiger partial charge in [-0.2, -0.15) is 0 Å². The highest BCUT2D eigenvalue weighted by molar-refractivity contribution is 6.36. The fraction of sp³-hybridized carbons (Fsp3) is 0.500. The summed E-state index contributed by atoms with van der Waals surface area (Å²) in [5, 5.41) is 4.54. The first-order valence-corrected chi connectivity index (χ1v) is 7.43. The molecule has 0 radical (unpaired) electrons. The van der Waals surface area contributed by atoms with Crippen LogP contribution in [0.3, 0.4) is 0 Å². The summed E-state index contributed by atoms with van der Waals surface area (Å²) in [5.41, 5.74) is 0.762. The van der Waals surface area contributed by atoms with E-state index in [1.54, 1.807) is 17.0 Å². The maximum atomic E-state index is 12.5. The average molecular weight is 299 g/mol. The fourth-order valence-corrected chi connectivity index (χ4v) is 3.01. The third-order valence-electron chi connectivity index (χ3n) is 3.65. The SMILES string of the molecule is O=C1C(NC2CC2)CCCN1c1ccc(Cl)cc1Cl. The van der Waals surface area contributed by atoms with Gasteiger partial charge in [0.15, 0.2) is 0 Å². The zero-order chi connectivity index (χ0) is 13.4. The van der Waals surface area contributed by atoms with Crippen molar-refractivity contribution in [1.82, 2.24) is 5.32 Å². The van der Waals surface area contributed by atoms with E-state index >= 15 is 0 Å². The lowest BCUT2D eigenvalue weighted by Gasteiger charge is -2.33. The molecule has 1 saturated heterocycles. The van der Waals surface area contributed by atoms with Crippen LogP contribution in [0.2, 0.25) is 10.0 Å². The first kappa shape index (κ1) is 13.2. The van der Waals surface area contributed by atoms with Crippen LogP contribution >= 0.6 is 23.2 Å². The number of hydrogen-bond donors (Lipinski definition) is 1. The predicted molar refractivity (Wildman–Crippen MR) is 78.0 cm³/mol. The van der Waals surface area contributed by atoms with Crippen LogP contribution in [0.5, 0.6) is 0 Å². The number of anilines is 1. The Morgan fingerprint density at radius 2 is 2.00 bits per heavy atom. The monoisotopic (exact) mass is 298 g/mol. The minimum Gasteiger partial charge on any atom is -0.310 e. The normalized spacial score (nSPS) is 23.8. The van der Waals surface area contributed by atoms with Crippen LogP contribution in [0.15, 0.2) is 18.2 Å². The first-order valence-electron chi connectivity index (χ1n) is 6.67. The number of benzene rings is 1. The van der Waals surface area contributed by atoms with E-state index in [2.05, 4.69) is 5.32 Å². The van der Waals surface area contributed by atoms with Crippen LogP contribution in [-0.2, 0) is 4.79 Å². The number of hydrogen-bond acceptors (Lipinski definition) is 2. The molecule has 1 aliphatic heterocycles. The van der Waals surface area contributed by atoms with E-state index < -0.39 is 0 Å². The molecule has 3 rings (SSSR count). The number of piperidine rings is 1. The lowest BCUT2D eigenvalue weighted by molar-refractivity contribution is -0.121. The van der Waals surface area contributed by atoms with Crippen molar-refractivity contribution >= 4 is 34.8 Å². The fourth-order valence-electron chi connectivity index (χ4n) is 2.50. The second-order valence-corrected chi connectivity index (χ2v) is 6.06. The summed E-state index contributed by atoms with van der Waals surface area (Å²) in [4.78, 5) is 14.3. The van der Waals surface area contributed by atoms with E-state index in [-0.39, 0.29) is 11.9 Å². The van der Waals surface area contributed by atoms with E-state index in [4.69, 9.17) is 23.2 Å². The summed E-state index contributed by atoms with van der Waals surface area (Å²) in [6, 6.07) is 5.75. The van der Waals surface area contributed by atoms with Crippen molar-refractivity contribution in [2.75, 3.05) is 11.4 Å². The van der Waals surface area contributed by atoms with Crippen molar-refractivity contribution < 1.29 is 4.79 Å². The lowest BCUT2D eigenvalue weighted by Crippen LogP contribution is -2.51. The Hall–Kier alpha value is -0.770. The first-order chi connectivity index (χ1) is 9.15. The summed E-state index contributed by atoms with van der Waals surface area (Å²) < 4.78 is 0. The van der Waals surface area contributed by atoms with Crippen LogP contribution in [0.4, 0.5) is 5.69 Å². The molecule has 0 aromatic heterocycles. The molecule has 1 unspecified atom stereocenters. The molecule has 2 aliphatic rings. The summed E-state index contributed by atoms with van der Waals surface area (Å²) >= 11 is 12.1. The summed E-state index contributed by atoms with van der Waals surface area (Å²) in [6.07, 6.45) is 4.28. The molecule has 5 heteroatoms. The predicted octanol–water partition coefficient (Wildman–Crippen LogP) is 3.24. The largest absolute Gasteiger partial charge is 0.310 e. The van der Waals surface area contributed by atoms with E-state index in [0.29, 0.717) is 16.1 Å². The van der Waals surface area contributed by atoms with Crippen molar-refractivity contribution in [1.29, 1.82) is 0 Å². The van der Waals surface area contributed by atoms with Crippen molar-refractivity contribution in [3.8, 4) is 0 Å². The van der Waals surface area contributed by atoms with Gasteiger partial charge < -0.3 is 10.2 Å². The maximum Gasteiger partial charge on any atom is 0.244 e. The number of nitrogens with one attached hydrogen (secondary N) is 1. The second-order valence-electron chi connectivity index (χ2n) is 5.22. The van der Waals surface area contributed by atoms with E-state index in [1.807, 2.05) is 6.07 Å². The minimum absolute atomic E-state index is 0.0620. The van der Waals surface area contributed by atoms with E-state index in [9.17, 15) is 4.79 Å². The third-order valence-corrected chi connectivity index (χ3v) is 4.19. The number of nitrogens with zero attached hydrogens (tertiary/aromatic N) is 1. The van der Waals surface area contributed by atoms with Gasteiger partial charge in [-0.3, -0.25) is 4.79 Å². The Bertz CT molecular complexity index is 502.